The first-order valence-corrected chi connectivity index (χ1v) is 7.73. The Labute approximate surface area is 126 Å². The zero-order valence-electron chi connectivity index (χ0n) is 11.7. The minimum Gasteiger partial charge on any atom is -0.481 e. The molecule has 114 valence electrons. The van der Waals surface area contributed by atoms with Gasteiger partial charge in [-0.2, -0.15) is 0 Å². The van der Waals surface area contributed by atoms with Crippen molar-refractivity contribution in [1.82, 2.24) is 10.2 Å². The third kappa shape index (κ3) is 3.81. The van der Waals surface area contributed by atoms with Crippen molar-refractivity contribution in [2.24, 2.45) is 5.92 Å². The number of amides is 2. The number of nitrogens with zero attached hydrogens (tertiary/aromatic N) is 1. The monoisotopic (exact) mass is 310 g/mol. The van der Waals surface area contributed by atoms with Crippen LogP contribution in [0.5, 0.6) is 0 Å². The summed E-state index contributed by atoms with van der Waals surface area (Å²) >= 11 is 1.31. The molecule has 1 saturated heterocycles. The summed E-state index contributed by atoms with van der Waals surface area (Å²) in [6, 6.07) is 2.80. The number of carbonyl (C=O) groups excluding carboxylic acids is 2. The lowest BCUT2D eigenvalue weighted by Gasteiger charge is -2.32. The molecule has 2 heterocycles. The number of likely N-dealkylation sites (tertiary alicyclic amines) is 1. The summed E-state index contributed by atoms with van der Waals surface area (Å²) in [5.74, 6) is -1.89. The number of rotatable bonds is 4. The summed E-state index contributed by atoms with van der Waals surface area (Å²) in [6.45, 7) is 2.38. The van der Waals surface area contributed by atoms with Gasteiger partial charge < -0.3 is 15.3 Å². The molecule has 1 aliphatic heterocycles. The molecule has 2 rings (SSSR count). The van der Waals surface area contributed by atoms with Gasteiger partial charge in [-0.05, 0) is 31.2 Å². The molecule has 1 aliphatic rings. The Bertz CT molecular complexity index is 529. The zero-order chi connectivity index (χ0) is 15.4. The van der Waals surface area contributed by atoms with E-state index in [0.29, 0.717) is 24.3 Å². The summed E-state index contributed by atoms with van der Waals surface area (Å²) in [5, 5.41) is 13.5. The number of hydrogen-bond acceptors (Lipinski definition) is 4. The van der Waals surface area contributed by atoms with E-state index in [-0.39, 0.29) is 18.4 Å². The Morgan fingerprint density at radius 3 is 2.86 bits per heavy atom. The van der Waals surface area contributed by atoms with Gasteiger partial charge in [0.05, 0.1) is 10.8 Å². The number of thiophene rings is 1. The van der Waals surface area contributed by atoms with Gasteiger partial charge in [0.2, 0.25) is 5.91 Å². The zero-order valence-corrected chi connectivity index (χ0v) is 12.6. The molecule has 1 aromatic heterocycles. The highest BCUT2D eigenvalue weighted by atomic mass is 32.1. The van der Waals surface area contributed by atoms with E-state index in [1.165, 1.54) is 16.2 Å². The van der Waals surface area contributed by atoms with E-state index in [4.69, 9.17) is 5.11 Å². The number of carbonyl (C=O) groups is 3. The van der Waals surface area contributed by atoms with Crippen LogP contribution in [0, 0.1) is 5.92 Å². The Morgan fingerprint density at radius 2 is 2.24 bits per heavy atom. The lowest BCUT2D eigenvalue weighted by atomic mass is 9.98. The molecule has 1 unspecified atom stereocenters. The largest absolute Gasteiger partial charge is 0.481 e. The highest BCUT2D eigenvalue weighted by Gasteiger charge is 2.30. The minimum absolute atomic E-state index is 0.216. The van der Waals surface area contributed by atoms with Crippen LogP contribution in [0.4, 0.5) is 0 Å². The molecule has 0 aliphatic carbocycles. The van der Waals surface area contributed by atoms with Crippen LogP contribution >= 0.6 is 11.3 Å². The fourth-order valence-corrected chi connectivity index (χ4v) is 3.02. The van der Waals surface area contributed by atoms with Crippen molar-refractivity contribution in [2.45, 2.75) is 25.8 Å². The van der Waals surface area contributed by atoms with Crippen LogP contribution in [0.2, 0.25) is 0 Å². The summed E-state index contributed by atoms with van der Waals surface area (Å²) < 4.78 is 0. The van der Waals surface area contributed by atoms with Crippen LogP contribution in [-0.2, 0) is 9.59 Å². The fraction of sp³-hybridized carbons (Fsp3) is 0.500. The van der Waals surface area contributed by atoms with Crippen molar-refractivity contribution in [3.8, 4) is 0 Å². The molecule has 1 aromatic rings. The summed E-state index contributed by atoms with van der Waals surface area (Å²) in [5.41, 5.74) is 0. The number of carboxylic acids is 1. The SMILES string of the molecule is CC(NC(=O)c1cccs1)C(=O)N1CCC[C@@H](C(=O)O)C1. The molecule has 0 bridgehead atoms. The summed E-state index contributed by atoms with van der Waals surface area (Å²) in [7, 11) is 0. The van der Waals surface area contributed by atoms with Gasteiger partial charge in [-0.3, -0.25) is 14.4 Å². The molecule has 6 nitrogen and oxygen atoms in total. The number of nitrogens with one attached hydrogen (secondary N) is 1. The normalized spacial score (nSPS) is 19.9. The number of carboxylic acid groups (broad SMARTS) is 1. The van der Waals surface area contributed by atoms with Gasteiger partial charge in [-0.25, -0.2) is 0 Å². The first-order valence-electron chi connectivity index (χ1n) is 6.85. The van der Waals surface area contributed by atoms with Gasteiger partial charge in [0.25, 0.3) is 5.91 Å². The minimum atomic E-state index is -0.872. The summed E-state index contributed by atoms with van der Waals surface area (Å²) in [6.07, 6.45) is 1.27. The van der Waals surface area contributed by atoms with E-state index in [1.54, 1.807) is 24.4 Å². The smallest absolute Gasteiger partial charge is 0.308 e. The first-order chi connectivity index (χ1) is 9.99. The number of hydrogen-bond donors (Lipinski definition) is 2. The third-order valence-electron chi connectivity index (χ3n) is 3.55. The van der Waals surface area contributed by atoms with Crippen LogP contribution in [0.15, 0.2) is 17.5 Å². The van der Waals surface area contributed by atoms with Crippen LogP contribution in [0.1, 0.15) is 29.4 Å². The molecule has 7 heteroatoms. The van der Waals surface area contributed by atoms with E-state index < -0.39 is 17.9 Å². The van der Waals surface area contributed by atoms with E-state index in [2.05, 4.69) is 5.32 Å². The highest BCUT2D eigenvalue weighted by Crippen LogP contribution is 2.17. The molecular formula is C14H18N2O4S. The lowest BCUT2D eigenvalue weighted by Crippen LogP contribution is -2.50. The molecule has 0 saturated carbocycles. The quantitative estimate of drug-likeness (QED) is 0.874. The molecule has 1 fully saturated rings. The molecule has 0 radical (unpaired) electrons. The van der Waals surface area contributed by atoms with Gasteiger partial charge in [0, 0.05) is 13.1 Å². The first kappa shape index (κ1) is 15.5. The maximum Gasteiger partial charge on any atom is 0.308 e. The van der Waals surface area contributed by atoms with Gasteiger partial charge in [-0.15, -0.1) is 11.3 Å². The average Bonchev–Trinajstić information content (AvgIpc) is 3.00. The topological polar surface area (TPSA) is 86.7 Å². The van der Waals surface area contributed by atoms with Crippen LogP contribution in [0.25, 0.3) is 0 Å². The van der Waals surface area contributed by atoms with E-state index >= 15 is 0 Å². The predicted molar refractivity (Wildman–Crippen MR) is 78.2 cm³/mol. The standard InChI is InChI=1S/C14H18N2O4S/c1-9(15-12(17)11-5-3-7-21-11)13(18)16-6-2-4-10(8-16)14(19)20/h3,5,7,9-10H,2,4,6,8H2,1H3,(H,15,17)(H,19,20)/t9?,10-/m1/s1. The number of piperidine rings is 1. The molecule has 2 N–H and O–H groups in total. The van der Waals surface area contributed by atoms with E-state index in [0.717, 1.165) is 0 Å². The lowest BCUT2D eigenvalue weighted by molar-refractivity contribution is -0.146. The average molecular weight is 310 g/mol. The summed E-state index contributed by atoms with van der Waals surface area (Å²) in [4.78, 5) is 37.3. The maximum atomic E-state index is 12.3. The van der Waals surface area contributed by atoms with Crippen molar-refractivity contribution in [1.29, 1.82) is 0 Å². The van der Waals surface area contributed by atoms with Gasteiger partial charge in [-0.1, -0.05) is 6.07 Å². The second-order valence-electron chi connectivity index (χ2n) is 5.13. The van der Waals surface area contributed by atoms with E-state index in [9.17, 15) is 14.4 Å². The Kier molecular flexibility index (Phi) is 4.95. The van der Waals surface area contributed by atoms with Gasteiger partial charge >= 0.3 is 5.97 Å². The molecule has 0 aromatic carbocycles. The molecular weight excluding hydrogens is 292 g/mol. The molecule has 2 amide bonds. The fourth-order valence-electron chi connectivity index (χ4n) is 2.39. The molecule has 21 heavy (non-hydrogen) atoms. The van der Waals surface area contributed by atoms with Crippen molar-refractivity contribution in [2.75, 3.05) is 13.1 Å². The molecule has 0 spiro atoms. The van der Waals surface area contributed by atoms with Crippen molar-refractivity contribution in [3.63, 3.8) is 0 Å². The Morgan fingerprint density at radius 1 is 1.48 bits per heavy atom. The van der Waals surface area contributed by atoms with Crippen LogP contribution in [-0.4, -0.2) is 46.9 Å². The van der Waals surface area contributed by atoms with Gasteiger partial charge in [0.1, 0.15) is 6.04 Å². The highest BCUT2D eigenvalue weighted by molar-refractivity contribution is 7.12. The second-order valence-corrected chi connectivity index (χ2v) is 6.08. The van der Waals surface area contributed by atoms with Crippen molar-refractivity contribution < 1.29 is 19.5 Å². The van der Waals surface area contributed by atoms with E-state index in [1.807, 2.05) is 0 Å². The van der Waals surface area contributed by atoms with Crippen molar-refractivity contribution >= 4 is 29.1 Å². The predicted octanol–water partition coefficient (Wildman–Crippen LogP) is 1.19. The second kappa shape index (κ2) is 6.71. The third-order valence-corrected chi connectivity index (χ3v) is 4.41. The molecule has 2 atom stereocenters. The van der Waals surface area contributed by atoms with Crippen LogP contribution in [0.3, 0.4) is 0 Å². The Hall–Kier alpha value is -1.89. The number of aliphatic carboxylic acids is 1. The maximum absolute atomic E-state index is 12.3. The van der Waals surface area contributed by atoms with Crippen LogP contribution < -0.4 is 5.32 Å². The van der Waals surface area contributed by atoms with Crippen molar-refractivity contribution in [3.05, 3.63) is 22.4 Å². The Balaban J connectivity index is 1.92. The van der Waals surface area contributed by atoms with Gasteiger partial charge in [0.15, 0.2) is 0 Å².